The van der Waals surface area contributed by atoms with E-state index < -0.39 is 12.2 Å². The van der Waals surface area contributed by atoms with Crippen LogP contribution in [0, 0.1) is 0 Å². The summed E-state index contributed by atoms with van der Waals surface area (Å²) in [5, 5.41) is 24.0. The summed E-state index contributed by atoms with van der Waals surface area (Å²) in [5.74, 6) is 1.11. The van der Waals surface area contributed by atoms with Crippen molar-refractivity contribution < 1.29 is 24.2 Å². The highest BCUT2D eigenvalue weighted by molar-refractivity contribution is 5.79. The first-order valence-electron chi connectivity index (χ1n) is 13.8. The molecule has 0 radical (unpaired) electrons. The summed E-state index contributed by atoms with van der Waals surface area (Å²) in [6.07, 6.45) is -0.672. The number of nitrogens with zero attached hydrogens (tertiary/aromatic N) is 3. The molecule has 208 valence electrons. The number of benzene rings is 3. The minimum atomic E-state index is -0.647. The molecule has 0 unspecified atom stereocenters. The summed E-state index contributed by atoms with van der Waals surface area (Å²) in [6, 6.07) is 22.7. The molecule has 1 fully saturated rings. The lowest BCUT2D eigenvalue weighted by Gasteiger charge is -2.35. The van der Waals surface area contributed by atoms with Crippen molar-refractivity contribution in [2.45, 2.75) is 24.7 Å². The molecule has 0 bridgehead atoms. The summed E-state index contributed by atoms with van der Waals surface area (Å²) in [6.45, 7) is 3.94. The van der Waals surface area contributed by atoms with Crippen LogP contribution < -0.4 is 10.1 Å². The number of rotatable bonds is 9. The van der Waals surface area contributed by atoms with Gasteiger partial charge in [-0.05, 0) is 35.4 Å². The lowest BCUT2D eigenvalue weighted by molar-refractivity contribution is -0.124. The number of hydrogen-bond acceptors (Lipinski definition) is 8. The number of hydrogen-bond donors (Lipinski definition) is 3. The van der Waals surface area contributed by atoms with Gasteiger partial charge in [-0.2, -0.15) is 0 Å². The number of aliphatic hydroxyl groups is 2. The Balaban J connectivity index is 0.935. The number of nitrogens with one attached hydrogen (secondary N) is 1. The molecule has 1 aromatic heterocycles. The monoisotopic (exact) mass is 542 g/mol. The van der Waals surface area contributed by atoms with Crippen molar-refractivity contribution in [3.8, 4) is 17.2 Å². The van der Waals surface area contributed by atoms with Crippen LogP contribution in [0.15, 0.2) is 77.2 Å². The molecule has 9 nitrogen and oxygen atoms in total. The quantitative estimate of drug-likeness (QED) is 0.296. The maximum Gasteiger partial charge on any atom is 0.234 e. The average molecular weight is 543 g/mol. The van der Waals surface area contributed by atoms with Crippen molar-refractivity contribution >= 4 is 17.0 Å². The van der Waals surface area contributed by atoms with Gasteiger partial charge in [-0.1, -0.05) is 42.5 Å². The Morgan fingerprint density at radius 1 is 1.02 bits per heavy atom. The van der Waals surface area contributed by atoms with E-state index in [2.05, 4.69) is 20.1 Å². The number of fused-ring (bicyclic) bond motifs is 2. The van der Waals surface area contributed by atoms with Gasteiger partial charge >= 0.3 is 0 Å². The zero-order valence-corrected chi connectivity index (χ0v) is 22.3. The van der Waals surface area contributed by atoms with Crippen molar-refractivity contribution in [2.75, 3.05) is 45.9 Å². The van der Waals surface area contributed by atoms with E-state index in [-0.39, 0.29) is 18.6 Å². The molecule has 1 saturated heterocycles. The smallest absolute Gasteiger partial charge is 0.234 e. The maximum atomic E-state index is 12.7. The number of β-amino-alcohol motifs (C(OH)–C–C–N with tert-alkyl or cyclic N) is 1. The normalized spacial score (nSPS) is 20.4. The van der Waals surface area contributed by atoms with E-state index >= 15 is 0 Å². The van der Waals surface area contributed by atoms with Gasteiger partial charge in [-0.15, -0.1) is 0 Å². The van der Waals surface area contributed by atoms with Crippen LogP contribution in [0.4, 0.5) is 0 Å². The highest BCUT2D eigenvalue weighted by atomic mass is 16.5. The number of amides is 1. The molecule has 0 saturated carbocycles. The SMILES string of the molecule is O=C(CN1CCN(C[C@@H](O)COc2ccc3oc(-c4ccccc4)nc3c2)CC1)N[C@@H]1c2ccccc2C[C@H]1O. The number of carbonyl (C=O) groups excluding carboxylic acids is 1. The fraction of sp³-hybridized carbons (Fsp3) is 0.355. The van der Waals surface area contributed by atoms with Gasteiger partial charge in [0.15, 0.2) is 5.58 Å². The zero-order chi connectivity index (χ0) is 27.5. The van der Waals surface area contributed by atoms with Crippen LogP contribution in [0.25, 0.3) is 22.6 Å². The highest BCUT2D eigenvalue weighted by Crippen LogP contribution is 2.31. The summed E-state index contributed by atoms with van der Waals surface area (Å²) in [7, 11) is 0. The Labute approximate surface area is 233 Å². The predicted octanol–water partition coefficient (Wildman–Crippen LogP) is 2.63. The maximum absolute atomic E-state index is 12.7. The van der Waals surface area contributed by atoms with Crippen LogP contribution in [0.1, 0.15) is 17.2 Å². The van der Waals surface area contributed by atoms with Gasteiger partial charge < -0.3 is 24.7 Å². The molecule has 1 aliphatic heterocycles. The molecule has 6 rings (SSSR count). The third kappa shape index (κ3) is 6.03. The minimum Gasteiger partial charge on any atom is -0.491 e. The number of ether oxygens (including phenoxy) is 1. The van der Waals surface area contributed by atoms with Gasteiger partial charge in [-0.25, -0.2) is 4.98 Å². The van der Waals surface area contributed by atoms with E-state index in [0.717, 1.165) is 42.9 Å². The first kappa shape index (κ1) is 26.5. The van der Waals surface area contributed by atoms with Crippen LogP contribution in [0.3, 0.4) is 0 Å². The molecule has 3 aromatic carbocycles. The summed E-state index contributed by atoms with van der Waals surface area (Å²) in [4.78, 5) is 21.6. The van der Waals surface area contributed by atoms with E-state index in [1.54, 1.807) is 0 Å². The second-order valence-corrected chi connectivity index (χ2v) is 10.6. The van der Waals surface area contributed by atoms with Gasteiger partial charge in [0.05, 0.1) is 18.7 Å². The molecule has 9 heteroatoms. The molecule has 3 N–H and O–H groups in total. The minimum absolute atomic E-state index is 0.0809. The summed E-state index contributed by atoms with van der Waals surface area (Å²) in [5.41, 5.74) is 4.39. The van der Waals surface area contributed by atoms with Gasteiger partial charge in [0.1, 0.15) is 24.0 Å². The summed E-state index contributed by atoms with van der Waals surface area (Å²) < 4.78 is 11.7. The Hall–Kier alpha value is -3.76. The molecular formula is C31H34N4O5. The molecule has 1 aliphatic carbocycles. The van der Waals surface area contributed by atoms with E-state index in [0.29, 0.717) is 42.3 Å². The number of aromatic nitrogens is 1. The Bertz CT molecular complexity index is 1450. The number of carbonyl (C=O) groups is 1. The fourth-order valence-corrected chi connectivity index (χ4v) is 5.54. The fourth-order valence-electron chi connectivity index (χ4n) is 5.54. The van der Waals surface area contributed by atoms with Crippen molar-refractivity contribution in [1.29, 1.82) is 0 Å². The van der Waals surface area contributed by atoms with E-state index in [4.69, 9.17) is 9.15 Å². The number of aliphatic hydroxyl groups excluding tert-OH is 2. The van der Waals surface area contributed by atoms with Crippen LogP contribution >= 0.6 is 0 Å². The molecule has 3 atom stereocenters. The molecule has 0 spiro atoms. The van der Waals surface area contributed by atoms with E-state index in [9.17, 15) is 15.0 Å². The van der Waals surface area contributed by atoms with Crippen molar-refractivity contribution in [2.24, 2.45) is 0 Å². The largest absolute Gasteiger partial charge is 0.491 e. The van der Waals surface area contributed by atoms with Crippen molar-refractivity contribution in [3.05, 3.63) is 83.9 Å². The molecule has 1 amide bonds. The van der Waals surface area contributed by atoms with Gasteiger partial charge in [-0.3, -0.25) is 14.6 Å². The van der Waals surface area contributed by atoms with Crippen LogP contribution in [0.2, 0.25) is 0 Å². The predicted molar refractivity (Wildman–Crippen MR) is 151 cm³/mol. The number of piperazine rings is 1. The van der Waals surface area contributed by atoms with Gasteiger partial charge in [0, 0.05) is 50.8 Å². The van der Waals surface area contributed by atoms with E-state index in [1.165, 1.54) is 0 Å². The van der Waals surface area contributed by atoms with Crippen LogP contribution in [-0.4, -0.2) is 89.0 Å². The van der Waals surface area contributed by atoms with Crippen molar-refractivity contribution in [1.82, 2.24) is 20.1 Å². The first-order chi connectivity index (χ1) is 19.5. The third-order valence-corrected chi connectivity index (χ3v) is 7.64. The topological polar surface area (TPSA) is 111 Å². The molecule has 2 heterocycles. The number of oxazole rings is 1. The van der Waals surface area contributed by atoms with Crippen molar-refractivity contribution in [3.63, 3.8) is 0 Å². The average Bonchev–Trinajstić information content (AvgIpc) is 3.54. The van der Waals surface area contributed by atoms with Crippen LogP contribution in [-0.2, 0) is 11.2 Å². The molecule has 2 aliphatic rings. The Kier molecular flexibility index (Phi) is 7.79. The molecule has 40 heavy (non-hydrogen) atoms. The standard InChI is InChI=1S/C31H34N4O5/c36-23(20-39-24-10-11-28-26(17-24)32-31(40-28)21-6-2-1-3-7-21)18-34-12-14-35(15-13-34)19-29(38)33-30-25-9-5-4-8-22(25)16-27(30)37/h1-11,17,23,27,30,36-37H,12-16,18-20H2,(H,33,38)/t23-,27-,30-/m1/s1. The Morgan fingerprint density at radius 3 is 2.60 bits per heavy atom. The zero-order valence-electron chi connectivity index (χ0n) is 22.3. The molecule has 4 aromatic rings. The van der Waals surface area contributed by atoms with Gasteiger partial charge in [0.2, 0.25) is 11.8 Å². The molecular weight excluding hydrogens is 508 g/mol. The van der Waals surface area contributed by atoms with E-state index in [1.807, 2.05) is 72.8 Å². The second-order valence-electron chi connectivity index (χ2n) is 10.6. The van der Waals surface area contributed by atoms with Crippen LogP contribution in [0.5, 0.6) is 5.75 Å². The lowest BCUT2D eigenvalue weighted by atomic mass is 10.1. The second kappa shape index (κ2) is 11.8. The first-order valence-corrected chi connectivity index (χ1v) is 13.8. The summed E-state index contributed by atoms with van der Waals surface area (Å²) >= 11 is 0. The lowest BCUT2D eigenvalue weighted by Crippen LogP contribution is -2.51. The highest BCUT2D eigenvalue weighted by Gasteiger charge is 2.32. The third-order valence-electron chi connectivity index (χ3n) is 7.64. The van der Waals surface area contributed by atoms with Gasteiger partial charge in [0.25, 0.3) is 0 Å². The Morgan fingerprint density at radius 2 is 1.77 bits per heavy atom.